The van der Waals surface area contributed by atoms with E-state index in [1.165, 1.54) is 31.0 Å². The number of hydrogen-bond donors (Lipinski definition) is 1. The molecule has 1 N–H and O–H groups in total. The van der Waals surface area contributed by atoms with Gasteiger partial charge in [-0.3, -0.25) is 4.79 Å². The molecule has 1 aliphatic rings. The molecule has 30 heavy (non-hydrogen) atoms. The molecule has 1 fully saturated rings. The monoisotopic (exact) mass is 444 g/mol. The second-order valence-electron chi connectivity index (χ2n) is 7.35. The van der Waals surface area contributed by atoms with Gasteiger partial charge in [0.2, 0.25) is 5.91 Å². The van der Waals surface area contributed by atoms with E-state index in [0.717, 1.165) is 35.2 Å². The van der Waals surface area contributed by atoms with Gasteiger partial charge in [-0.15, -0.1) is 10.2 Å². The van der Waals surface area contributed by atoms with Gasteiger partial charge in [-0.25, -0.2) is 4.68 Å². The molecule has 0 aliphatic heterocycles. The highest BCUT2D eigenvalue weighted by Gasteiger charge is 2.20. The van der Waals surface area contributed by atoms with Crippen molar-refractivity contribution in [3.63, 3.8) is 0 Å². The summed E-state index contributed by atoms with van der Waals surface area (Å²) in [7, 11) is 0. The minimum Gasteiger partial charge on any atom is -0.310 e. The van der Waals surface area contributed by atoms with E-state index in [2.05, 4.69) is 20.6 Å². The Morgan fingerprint density at radius 3 is 2.67 bits per heavy atom. The zero-order chi connectivity index (χ0) is 20.9. The molecular formula is C21H25ClN6OS. The maximum absolute atomic E-state index is 12.6. The Bertz CT molecular complexity index is 993. The number of nitrogens with one attached hydrogen (secondary N) is 1. The summed E-state index contributed by atoms with van der Waals surface area (Å²) in [4.78, 5) is 12.6. The summed E-state index contributed by atoms with van der Waals surface area (Å²) in [5.74, 6) is 1.73. The van der Waals surface area contributed by atoms with Crippen molar-refractivity contribution < 1.29 is 4.79 Å². The maximum atomic E-state index is 12.6. The van der Waals surface area contributed by atoms with Crippen LogP contribution in [0.5, 0.6) is 0 Å². The molecule has 2 aromatic heterocycles. The Hall–Kier alpha value is -2.32. The average molecular weight is 445 g/mol. The van der Waals surface area contributed by atoms with Gasteiger partial charge in [-0.1, -0.05) is 42.6 Å². The van der Waals surface area contributed by atoms with Gasteiger partial charge < -0.3 is 9.88 Å². The average Bonchev–Trinajstić information content (AvgIpc) is 3.40. The Kier molecular flexibility index (Phi) is 6.74. The summed E-state index contributed by atoms with van der Waals surface area (Å²) in [5.41, 5.74) is 0.946. The van der Waals surface area contributed by atoms with Crippen molar-refractivity contribution in [2.45, 2.75) is 56.8 Å². The van der Waals surface area contributed by atoms with Gasteiger partial charge >= 0.3 is 0 Å². The van der Waals surface area contributed by atoms with Crippen LogP contribution in [0.25, 0.3) is 11.4 Å². The fourth-order valence-electron chi connectivity index (χ4n) is 3.83. The fraction of sp³-hybridized carbons (Fsp3) is 0.429. The van der Waals surface area contributed by atoms with Gasteiger partial charge in [0.15, 0.2) is 11.0 Å². The number of amides is 1. The summed E-state index contributed by atoms with van der Waals surface area (Å²) >= 11 is 7.37. The van der Waals surface area contributed by atoms with E-state index in [9.17, 15) is 4.79 Å². The lowest BCUT2D eigenvalue weighted by atomic mass is 9.96. The predicted octanol–water partition coefficient (Wildman–Crippen LogP) is 5.05. The molecule has 0 atom stereocenters. The molecule has 1 aliphatic carbocycles. The first-order valence-electron chi connectivity index (χ1n) is 10.3. The molecule has 1 saturated carbocycles. The molecule has 0 saturated heterocycles. The van der Waals surface area contributed by atoms with Crippen molar-refractivity contribution in [1.29, 1.82) is 0 Å². The molecule has 4 rings (SSSR count). The van der Waals surface area contributed by atoms with E-state index in [4.69, 9.17) is 11.6 Å². The second-order valence-corrected chi connectivity index (χ2v) is 8.73. The van der Waals surface area contributed by atoms with Crippen molar-refractivity contribution >= 4 is 35.1 Å². The highest BCUT2D eigenvalue weighted by molar-refractivity contribution is 7.99. The molecule has 158 valence electrons. The summed E-state index contributed by atoms with van der Waals surface area (Å²) in [5, 5.41) is 17.5. The van der Waals surface area contributed by atoms with Crippen LogP contribution in [0, 0.1) is 0 Å². The molecule has 1 amide bonds. The van der Waals surface area contributed by atoms with E-state index in [0.29, 0.717) is 17.6 Å². The van der Waals surface area contributed by atoms with Crippen LogP contribution in [-0.2, 0) is 11.3 Å². The summed E-state index contributed by atoms with van der Waals surface area (Å²) in [6.45, 7) is 2.75. The minimum atomic E-state index is -0.0729. The topological polar surface area (TPSA) is 77.6 Å². The lowest BCUT2D eigenvalue weighted by Gasteiger charge is -2.23. The van der Waals surface area contributed by atoms with Crippen LogP contribution in [0.2, 0.25) is 5.02 Å². The number of rotatable bonds is 7. The molecule has 0 spiro atoms. The minimum absolute atomic E-state index is 0.0729. The molecule has 2 heterocycles. The fourth-order valence-corrected chi connectivity index (χ4v) is 4.76. The van der Waals surface area contributed by atoms with Crippen molar-refractivity contribution in [2.75, 3.05) is 11.1 Å². The number of thioether (sulfide) groups is 1. The van der Waals surface area contributed by atoms with Gasteiger partial charge in [-0.2, -0.15) is 5.10 Å². The van der Waals surface area contributed by atoms with Crippen LogP contribution in [-0.4, -0.2) is 36.2 Å². The van der Waals surface area contributed by atoms with E-state index in [1.807, 2.05) is 46.5 Å². The molecule has 9 heteroatoms. The number of halogens is 1. The van der Waals surface area contributed by atoms with E-state index >= 15 is 0 Å². The molecule has 7 nitrogen and oxygen atoms in total. The lowest BCUT2D eigenvalue weighted by molar-refractivity contribution is -0.113. The quantitative estimate of drug-likeness (QED) is 0.516. The van der Waals surface area contributed by atoms with Crippen LogP contribution >= 0.6 is 23.4 Å². The lowest BCUT2D eigenvalue weighted by Crippen LogP contribution is -2.21. The summed E-state index contributed by atoms with van der Waals surface area (Å²) in [6.07, 6.45) is 7.71. The molecule has 0 radical (unpaired) electrons. The van der Waals surface area contributed by atoms with Crippen molar-refractivity contribution in [3.8, 4) is 11.4 Å². The van der Waals surface area contributed by atoms with Crippen LogP contribution in [0.15, 0.2) is 41.7 Å². The zero-order valence-electron chi connectivity index (χ0n) is 16.9. The van der Waals surface area contributed by atoms with Crippen molar-refractivity contribution in [1.82, 2.24) is 24.5 Å². The van der Waals surface area contributed by atoms with Gasteiger partial charge in [0.05, 0.1) is 18.0 Å². The Labute approximate surface area is 185 Å². The Balaban J connectivity index is 1.40. The summed E-state index contributed by atoms with van der Waals surface area (Å²) in [6, 6.07) is 9.76. The van der Waals surface area contributed by atoms with Crippen molar-refractivity contribution in [2.24, 2.45) is 0 Å². The second kappa shape index (κ2) is 9.66. The van der Waals surface area contributed by atoms with Crippen LogP contribution in [0.4, 0.5) is 5.82 Å². The van der Waals surface area contributed by atoms with E-state index in [1.54, 1.807) is 6.20 Å². The standard InChI is InChI=1S/C21H25ClN6OS/c1-2-27-20(15-8-10-16(22)11-9-15)25-26-21(27)30-14-19(29)24-18-12-13-23-28(18)17-6-4-3-5-7-17/h8-13,17H,2-7,14H2,1H3,(H,24,29). The molecular weight excluding hydrogens is 420 g/mol. The van der Waals surface area contributed by atoms with Crippen molar-refractivity contribution in [3.05, 3.63) is 41.6 Å². The number of benzene rings is 1. The zero-order valence-corrected chi connectivity index (χ0v) is 18.5. The van der Waals surface area contributed by atoms with E-state index < -0.39 is 0 Å². The molecule has 1 aromatic carbocycles. The number of carbonyl (C=O) groups excluding carboxylic acids is 1. The number of anilines is 1. The predicted molar refractivity (Wildman–Crippen MR) is 120 cm³/mol. The first kappa shape index (κ1) is 20.9. The number of carbonyl (C=O) groups is 1. The van der Waals surface area contributed by atoms with Gasteiger partial charge in [0, 0.05) is 23.2 Å². The maximum Gasteiger partial charge on any atom is 0.235 e. The third-order valence-corrected chi connectivity index (χ3v) is 6.54. The van der Waals surface area contributed by atoms with Gasteiger partial charge in [0.25, 0.3) is 0 Å². The van der Waals surface area contributed by atoms with Crippen LogP contribution < -0.4 is 5.32 Å². The number of nitrogens with zero attached hydrogens (tertiary/aromatic N) is 5. The number of hydrogen-bond acceptors (Lipinski definition) is 5. The normalized spacial score (nSPS) is 14.7. The smallest absolute Gasteiger partial charge is 0.235 e. The highest BCUT2D eigenvalue weighted by Crippen LogP contribution is 2.30. The van der Waals surface area contributed by atoms with Crippen LogP contribution in [0.1, 0.15) is 45.1 Å². The first-order valence-corrected chi connectivity index (χ1v) is 11.7. The third kappa shape index (κ3) is 4.70. The number of aromatic nitrogens is 5. The van der Waals surface area contributed by atoms with Gasteiger partial charge in [0.1, 0.15) is 5.82 Å². The summed E-state index contributed by atoms with van der Waals surface area (Å²) < 4.78 is 3.97. The van der Waals surface area contributed by atoms with Crippen LogP contribution in [0.3, 0.4) is 0 Å². The SMILES string of the molecule is CCn1c(SCC(=O)Nc2ccnn2C2CCCCC2)nnc1-c1ccc(Cl)cc1. The molecule has 0 bridgehead atoms. The third-order valence-electron chi connectivity index (χ3n) is 5.33. The Morgan fingerprint density at radius 1 is 1.17 bits per heavy atom. The Morgan fingerprint density at radius 2 is 1.93 bits per heavy atom. The highest BCUT2D eigenvalue weighted by atomic mass is 35.5. The van der Waals surface area contributed by atoms with E-state index in [-0.39, 0.29) is 11.7 Å². The molecule has 3 aromatic rings. The first-order chi connectivity index (χ1) is 14.7. The molecule has 0 unspecified atom stereocenters. The largest absolute Gasteiger partial charge is 0.310 e. The van der Waals surface area contributed by atoms with Gasteiger partial charge in [-0.05, 0) is 44.0 Å².